The summed E-state index contributed by atoms with van der Waals surface area (Å²) in [6.45, 7) is 15.2. The zero-order valence-corrected chi connectivity index (χ0v) is 18.2. The van der Waals surface area contributed by atoms with E-state index >= 15 is 0 Å². The molecule has 28 heavy (non-hydrogen) atoms. The van der Waals surface area contributed by atoms with Crippen LogP contribution in [0.1, 0.15) is 72.8 Å². The van der Waals surface area contributed by atoms with E-state index < -0.39 is 12.7 Å². The Hall–Kier alpha value is -1.60. The predicted molar refractivity (Wildman–Crippen MR) is 110 cm³/mol. The molecular weight excluding hydrogens is 355 g/mol. The quantitative estimate of drug-likeness (QED) is 0.726. The molecule has 1 aromatic rings. The van der Waals surface area contributed by atoms with E-state index in [2.05, 4.69) is 11.1 Å². The molecule has 0 aliphatic carbocycles. The lowest BCUT2D eigenvalue weighted by molar-refractivity contribution is 0.00578. The molecular formula is C21H33BN2O4. The van der Waals surface area contributed by atoms with Crippen molar-refractivity contribution in [2.75, 3.05) is 13.1 Å². The van der Waals surface area contributed by atoms with Gasteiger partial charge in [-0.05, 0) is 66.9 Å². The average molecular weight is 388 g/mol. The Balaban J connectivity index is 1.73. The van der Waals surface area contributed by atoms with E-state index in [-0.39, 0.29) is 23.2 Å². The first-order valence-corrected chi connectivity index (χ1v) is 10.2. The standard InChI is InChI=1S/C21H33BN2O4/c1-19(2,3)26-18(25)24-10-8-9-15(14-24)16-11-17(13-23-12-16)22-27-20(4,5)21(6,7)28-22/h11-13,15H,8-10,14H2,1-7H3. The van der Waals surface area contributed by atoms with Crippen LogP contribution in [0.3, 0.4) is 0 Å². The predicted octanol–water partition coefficient (Wildman–Crippen LogP) is 3.50. The number of likely N-dealkylation sites (tertiary alicyclic amines) is 1. The molecule has 0 bridgehead atoms. The number of carbonyl (C=O) groups is 1. The molecule has 2 aliphatic heterocycles. The maximum Gasteiger partial charge on any atom is 0.496 e. The van der Waals surface area contributed by atoms with Gasteiger partial charge in [0, 0.05) is 36.9 Å². The number of ether oxygens (including phenoxy) is 1. The molecule has 3 rings (SSSR count). The Bertz CT molecular complexity index is 713. The van der Waals surface area contributed by atoms with Crippen LogP contribution in [0, 0.1) is 0 Å². The van der Waals surface area contributed by atoms with Crippen molar-refractivity contribution in [3.05, 3.63) is 24.0 Å². The van der Waals surface area contributed by atoms with Gasteiger partial charge in [0.25, 0.3) is 0 Å². The van der Waals surface area contributed by atoms with Crippen LogP contribution in [0.15, 0.2) is 18.5 Å². The van der Waals surface area contributed by atoms with Gasteiger partial charge in [-0.3, -0.25) is 4.98 Å². The zero-order valence-electron chi connectivity index (χ0n) is 18.2. The van der Waals surface area contributed by atoms with Gasteiger partial charge in [0.1, 0.15) is 5.60 Å². The third-order valence-corrected chi connectivity index (χ3v) is 5.85. The number of pyridine rings is 1. The Morgan fingerprint density at radius 1 is 1.21 bits per heavy atom. The molecule has 6 nitrogen and oxygen atoms in total. The number of rotatable bonds is 2. The van der Waals surface area contributed by atoms with Gasteiger partial charge in [-0.25, -0.2) is 4.79 Å². The first-order valence-electron chi connectivity index (χ1n) is 10.2. The summed E-state index contributed by atoms with van der Waals surface area (Å²) in [5.74, 6) is 0.233. The monoisotopic (exact) mass is 388 g/mol. The summed E-state index contributed by atoms with van der Waals surface area (Å²) in [4.78, 5) is 18.7. The van der Waals surface area contributed by atoms with Crippen molar-refractivity contribution in [2.24, 2.45) is 0 Å². The molecule has 2 saturated heterocycles. The van der Waals surface area contributed by atoms with Gasteiger partial charge in [-0.1, -0.05) is 6.07 Å². The molecule has 1 atom stereocenters. The highest BCUT2D eigenvalue weighted by atomic mass is 16.7. The summed E-state index contributed by atoms with van der Waals surface area (Å²) in [5.41, 5.74) is 0.784. The summed E-state index contributed by atoms with van der Waals surface area (Å²) in [6.07, 6.45) is 5.42. The SMILES string of the molecule is CC(C)(C)OC(=O)N1CCCC(c2cncc(B3OC(C)(C)C(C)(C)O3)c2)C1. The summed E-state index contributed by atoms with van der Waals surface area (Å²) in [6, 6.07) is 2.11. The molecule has 2 fully saturated rings. The van der Waals surface area contributed by atoms with Crippen molar-refractivity contribution in [1.29, 1.82) is 0 Å². The Kier molecular flexibility index (Phi) is 5.54. The van der Waals surface area contributed by atoms with Crippen LogP contribution in [0.2, 0.25) is 0 Å². The first kappa shape index (κ1) is 21.1. The minimum absolute atomic E-state index is 0.233. The van der Waals surface area contributed by atoms with E-state index in [9.17, 15) is 4.79 Å². The molecule has 0 spiro atoms. The van der Waals surface area contributed by atoms with Crippen LogP contribution in [-0.4, -0.2) is 53.0 Å². The molecule has 3 heterocycles. The van der Waals surface area contributed by atoms with Crippen molar-refractivity contribution >= 4 is 18.7 Å². The molecule has 2 aliphatic rings. The van der Waals surface area contributed by atoms with Crippen LogP contribution in [0.4, 0.5) is 4.79 Å². The number of nitrogens with zero attached hydrogens (tertiary/aromatic N) is 2. The van der Waals surface area contributed by atoms with Crippen molar-refractivity contribution in [3.8, 4) is 0 Å². The molecule has 0 aromatic carbocycles. The smallest absolute Gasteiger partial charge is 0.444 e. The fourth-order valence-corrected chi connectivity index (χ4v) is 3.55. The molecule has 0 N–H and O–H groups in total. The Labute approximate surface area is 169 Å². The van der Waals surface area contributed by atoms with Crippen molar-refractivity contribution in [3.63, 3.8) is 0 Å². The van der Waals surface area contributed by atoms with E-state index in [0.29, 0.717) is 6.54 Å². The molecule has 0 saturated carbocycles. The molecule has 1 aromatic heterocycles. The maximum absolute atomic E-state index is 12.5. The normalized spacial score (nSPS) is 24.3. The minimum atomic E-state index is -0.484. The van der Waals surface area contributed by atoms with Gasteiger partial charge in [0.2, 0.25) is 0 Å². The second-order valence-electron chi connectivity index (χ2n) is 9.91. The van der Waals surface area contributed by atoms with Gasteiger partial charge in [-0.2, -0.15) is 0 Å². The van der Waals surface area contributed by atoms with Gasteiger partial charge in [0.05, 0.1) is 11.2 Å². The zero-order chi connectivity index (χ0) is 20.7. The van der Waals surface area contributed by atoms with Crippen molar-refractivity contribution in [1.82, 2.24) is 9.88 Å². The summed E-state index contributed by atoms with van der Waals surface area (Å²) < 4.78 is 17.9. The number of amides is 1. The largest absolute Gasteiger partial charge is 0.496 e. The maximum atomic E-state index is 12.5. The summed E-state index contributed by atoms with van der Waals surface area (Å²) in [5, 5.41) is 0. The fraction of sp³-hybridized carbons (Fsp3) is 0.714. The number of hydrogen-bond donors (Lipinski definition) is 0. The van der Waals surface area contributed by atoms with E-state index in [4.69, 9.17) is 14.0 Å². The van der Waals surface area contributed by atoms with Crippen molar-refractivity contribution in [2.45, 2.75) is 84.0 Å². The minimum Gasteiger partial charge on any atom is -0.444 e. The second kappa shape index (κ2) is 7.34. The molecule has 7 heteroatoms. The second-order valence-corrected chi connectivity index (χ2v) is 9.91. The van der Waals surface area contributed by atoms with Crippen molar-refractivity contribution < 1.29 is 18.8 Å². The molecule has 0 radical (unpaired) electrons. The van der Waals surface area contributed by atoms with E-state index in [1.54, 1.807) is 11.1 Å². The third-order valence-electron chi connectivity index (χ3n) is 5.85. The van der Waals surface area contributed by atoms with Crippen LogP contribution in [0.5, 0.6) is 0 Å². The topological polar surface area (TPSA) is 60.9 Å². The van der Waals surface area contributed by atoms with Crippen LogP contribution >= 0.6 is 0 Å². The van der Waals surface area contributed by atoms with Gasteiger partial charge in [0.15, 0.2) is 0 Å². The summed E-state index contributed by atoms with van der Waals surface area (Å²) in [7, 11) is -0.428. The molecule has 154 valence electrons. The number of carbonyl (C=O) groups excluding carboxylic acids is 1. The lowest BCUT2D eigenvalue weighted by atomic mass is 9.78. The summed E-state index contributed by atoms with van der Waals surface area (Å²) >= 11 is 0. The number of hydrogen-bond acceptors (Lipinski definition) is 5. The average Bonchev–Trinajstić information content (AvgIpc) is 2.81. The Morgan fingerprint density at radius 3 is 2.46 bits per heavy atom. The number of aromatic nitrogens is 1. The number of piperidine rings is 1. The first-order chi connectivity index (χ1) is 12.9. The van der Waals surface area contributed by atoms with Gasteiger partial charge in [-0.15, -0.1) is 0 Å². The highest BCUT2D eigenvalue weighted by Gasteiger charge is 2.51. The third kappa shape index (κ3) is 4.52. The molecule has 1 amide bonds. The van der Waals surface area contributed by atoms with Crippen LogP contribution in [-0.2, 0) is 14.0 Å². The van der Waals surface area contributed by atoms with Crippen LogP contribution in [0.25, 0.3) is 0 Å². The van der Waals surface area contributed by atoms with Gasteiger partial charge < -0.3 is 18.9 Å². The van der Waals surface area contributed by atoms with Crippen LogP contribution < -0.4 is 5.46 Å². The molecule has 1 unspecified atom stereocenters. The fourth-order valence-electron chi connectivity index (χ4n) is 3.55. The van der Waals surface area contributed by atoms with E-state index in [0.717, 1.165) is 30.4 Å². The Morgan fingerprint density at radius 2 is 1.86 bits per heavy atom. The lowest BCUT2D eigenvalue weighted by Gasteiger charge is -2.34. The van der Waals surface area contributed by atoms with E-state index in [1.807, 2.05) is 54.7 Å². The van der Waals surface area contributed by atoms with E-state index in [1.165, 1.54) is 0 Å². The lowest BCUT2D eigenvalue weighted by Crippen LogP contribution is -2.42. The van der Waals surface area contributed by atoms with Gasteiger partial charge >= 0.3 is 13.2 Å². The highest BCUT2D eigenvalue weighted by Crippen LogP contribution is 2.36. The highest BCUT2D eigenvalue weighted by molar-refractivity contribution is 6.62.